The molecular formula is C13H17N5O10P2. The van der Waals surface area contributed by atoms with Crippen LogP contribution in [0.15, 0.2) is 11.1 Å². The Bertz CT molecular complexity index is 1140. The standard InChI is InChI=1S/C13H17N5O10P2/c1-2-3-29(22,23)28-30(24,25)26-4-6-8(19)9(20)12(27-6)18-5-15-7-10(18)16-13(14)17-11(7)21/h1,5-6,8-9,12,19-20H,3-4H2,(H,22,23)(H,24,25)(H3,14,16,17,21)/t6-,8?,9?,12-/m1/s1. The zero-order valence-electron chi connectivity index (χ0n) is 14.9. The smallest absolute Gasteiger partial charge is 0.387 e. The van der Waals surface area contributed by atoms with Gasteiger partial charge in [-0.25, -0.2) is 13.9 Å². The lowest BCUT2D eigenvalue weighted by atomic mass is 10.1. The molecular weight excluding hydrogens is 448 g/mol. The Morgan fingerprint density at radius 2 is 2.07 bits per heavy atom. The van der Waals surface area contributed by atoms with Crippen molar-refractivity contribution in [1.29, 1.82) is 0 Å². The molecule has 0 saturated carbocycles. The molecule has 0 radical (unpaired) electrons. The van der Waals surface area contributed by atoms with E-state index in [9.17, 15) is 33.9 Å². The van der Waals surface area contributed by atoms with Crippen molar-refractivity contribution in [3.8, 4) is 12.3 Å². The number of aliphatic hydroxyl groups is 2. The molecule has 0 bridgehead atoms. The molecule has 7 N–H and O–H groups in total. The fourth-order valence-electron chi connectivity index (χ4n) is 2.72. The Morgan fingerprint density at radius 1 is 1.37 bits per heavy atom. The van der Waals surface area contributed by atoms with Gasteiger partial charge in [0.05, 0.1) is 12.9 Å². The number of nitrogens with two attached hydrogens (primary N) is 1. The SMILES string of the molecule is C#CCP(=O)(O)OP(=O)(O)OC[C@H]1O[C@@H](n2cnc3c(=O)[nH]c(N)nc32)C(O)C1O. The van der Waals surface area contributed by atoms with Crippen LogP contribution >= 0.6 is 15.4 Å². The molecule has 15 nitrogen and oxygen atoms in total. The van der Waals surface area contributed by atoms with Crippen molar-refractivity contribution in [2.45, 2.75) is 24.5 Å². The number of phosphoric acid groups is 1. The van der Waals surface area contributed by atoms with Gasteiger partial charge in [-0.05, 0) is 0 Å². The number of fused-ring (bicyclic) bond motifs is 1. The van der Waals surface area contributed by atoms with Crippen molar-refractivity contribution in [3.05, 3.63) is 16.7 Å². The Balaban J connectivity index is 1.75. The summed E-state index contributed by atoms with van der Waals surface area (Å²) in [6.07, 6.45) is -0.706. The summed E-state index contributed by atoms with van der Waals surface area (Å²) in [4.78, 5) is 40.8. The predicted octanol–water partition coefficient (Wildman–Crippen LogP) is -1.73. The first-order valence-electron chi connectivity index (χ1n) is 8.12. The fourth-order valence-corrected chi connectivity index (χ4v) is 5.00. The molecule has 3 rings (SSSR count). The highest BCUT2D eigenvalue weighted by Gasteiger charge is 2.46. The number of H-pyrrole nitrogens is 1. The number of aliphatic hydroxyl groups excluding tert-OH is 2. The zero-order valence-corrected chi connectivity index (χ0v) is 16.7. The molecule has 0 spiro atoms. The Labute approximate surface area is 167 Å². The number of hydrogen-bond acceptors (Lipinski definition) is 11. The molecule has 1 aliphatic heterocycles. The van der Waals surface area contributed by atoms with Crippen molar-refractivity contribution in [2.24, 2.45) is 0 Å². The van der Waals surface area contributed by atoms with E-state index in [2.05, 4.69) is 23.8 Å². The second-order valence-corrected chi connectivity index (χ2v) is 9.61. The topological polar surface area (TPSA) is 232 Å². The molecule has 6 atom stereocenters. The minimum Gasteiger partial charge on any atom is -0.387 e. The third-order valence-corrected chi connectivity index (χ3v) is 6.89. The molecule has 17 heteroatoms. The van der Waals surface area contributed by atoms with Crippen molar-refractivity contribution >= 4 is 32.5 Å². The van der Waals surface area contributed by atoms with Crippen LogP contribution in [0.4, 0.5) is 5.95 Å². The van der Waals surface area contributed by atoms with Crippen LogP contribution in [-0.4, -0.2) is 70.6 Å². The minimum atomic E-state index is -5.05. The van der Waals surface area contributed by atoms with Crippen LogP contribution < -0.4 is 11.3 Å². The zero-order chi connectivity index (χ0) is 22.3. The monoisotopic (exact) mass is 465 g/mol. The Hall–Kier alpha value is -2.11. The molecule has 0 aliphatic carbocycles. The van der Waals surface area contributed by atoms with Gasteiger partial charge in [-0.15, -0.1) is 6.42 Å². The predicted molar refractivity (Wildman–Crippen MR) is 98.9 cm³/mol. The summed E-state index contributed by atoms with van der Waals surface area (Å²) in [6.45, 7) is -0.804. The fraction of sp³-hybridized carbons (Fsp3) is 0.462. The molecule has 2 aromatic heterocycles. The second kappa shape index (κ2) is 8.20. The van der Waals surface area contributed by atoms with Gasteiger partial charge in [0.2, 0.25) is 5.95 Å². The number of nitrogens with zero attached hydrogens (tertiary/aromatic N) is 3. The van der Waals surface area contributed by atoms with E-state index in [4.69, 9.17) is 16.9 Å². The van der Waals surface area contributed by atoms with E-state index in [1.807, 2.05) is 5.92 Å². The number of ether oxygens (including phenoxy) is 1. The van der Waals surface area contributed by atoms with Gasteiger partial charge < -0.3 is 30.5 Å². The first-order valence-corrected chi connectivity index (χ1v) is 11.4. The van der Waals surface area contributed by atoms with Gasteiger partial charge in [0.1, 0.15) is 24.5 Å². The number of phosphoric ester groups is 1. The van der Waals surface area contributed by atoms with Crippen LogP contribution in [0.1, 0.15) is 6.23 Å². The maximum Gasteiger partial charge on any atom is 0.479 e. The van der Waals surface area contributed by atoms with E-state index in [0.717, 1.165) is 10.9 Å². The van der Waals surface area contributed by atoms with Crippen LogP contribution in [0.3, 0.4) is 0 Å². The summed E-state index contributed by atoms with van der Waals surface area (Å²) in [7, 11) is -9.63. The maximum absolute atomic E-state index is 11.9. The van der Waals surface area contributed by atoms with E-state index in [-0.39, 0.29) is 17.1 Å². The molecule has 0 amide bonds. The number of imidazole rings is 1. The van der Waals surface area contributed by atoms with Crippen LogP contribution in [0, 0.1) is 12.3 Å². The maximum atomic E-state index is 11.9. The normalized spacial score (nSPS) is 28.1. The third kappa shape index (κ3) is 4.62. The summed E-state index contributed by atoms with van der Waals surface area (Å²) in [5.41, 5.74) is 4.72. The molecule has 30 heavy (non-hydrogen) atoms. The summed E-state index contributed by atoms with van der Waals surface area (Å²) in [6, 6.07) is 0. The van der Waals surface area contributed by atoms with Crippen LogP contribution in [0.25, 0.3) is 11.2 Å². The number of aromatic amines is 1. The van der Waals surface area contributed by atoms with Crippen molar-refractivity contribution in [3.63, 3.8) is 0 Å². The molecule has 4 unspecified atom stereocenters. The summed E-state index contributed by atoms with van der Waals surface area (Å²) in [5.74, 6) is 1.59. The number of anilines is 1. The lowest BCUT2D eigenvalue weighted by molar-refractivity contribution is -0.0501. The van der Waals surface area contributed by atoms with Gasteiger partial charge in [0.15, 0.2) is 17.4 Å². The molecule has 2 aromatic rings. The Kier molecular flexibility index (Phi) is 6.17. The van der Waals surface area contributed by atoms with Crippen molar-refractivity contribution in [2.75, 3.05) is 18.5 Å². The third-order valence-electron chi connectivity index (χ3n) is 3.99. The number of terminal acetylenes is 1. The quantitative estimate of drug-likeness (QED) is 0.197. The van der Waals surface area contributed by atoms with E-state index >= 15 is 0 Å². The van der Waals surface area contributed by atoms with E-state index in [0.29, 0.717) is 0 Å². The molecule has 0 aromatic carbocycles. The first-order chi connectivity index (χ1) is 13.9. The van der Waals surface area contributed by atoms with Crippen molar-refractivity contribution < 1.29 is 42.7 Å². The summed E-state index contributed by atoms with van der Waals surface area (Å²) >= 11 is 0. The van der Waals surface area contributed by atoms with Gasteiger partial charge in [0.25, 0.3) is 5.56 Å². The van der Waals surface area contributed by atoms with Gasteiger partial charge in [-0.2, -0.15) is 4.98 Å². The van der Waals surface area contributed by atoms with Crippen LogP contribution in [0.5, 0.6) is 0 Å². The van der Waals surface area contributed by atoms with Gasteiger partial charge in [-0.3, -0.25) is 23.4 Å². The van der Waals surface area contributed by atoms with Crippen LogP contribution in [0.2, 0.25) is 0 Å². The molecule has 1 fully saturated rings. The van der Waals surface area contributed by atoms with Gasteiger partial charge >= 0.3 is 15.4 Å². The molecule has 164 valence electrons. The van der Waals surface area contributed by atoms with Crippen molar-refractivity contribution in [1.82, 2.24) is 19.5 Å². The largest absolute Gasteiger partial charge is 0.479 e. The van der Waals surface area contributed by atoms with Gasteiger partial charge in [-0.1, -0.05) is 5.92 Å². The Morgan fingerprint density at radius 3 is 2.73 bits per heavy atom. The number of hydrogen-bond donors (Lipinski definition) is 6. The highest BCUT2D eigenvalue weighted by molar-refractivity contribution is 7.64. The van der Waals surface area contributed by atoms with Crippen LogP contribution in [-0.2, 0) is 22.7 Å². The average Bonchev–Trinajstić information content (AvgIpc) is 3.14. The lowest BCUT2D eigenvalue weighted by Gasteiger charge is -2.18. The number of nitrogen functional groups attached to an aromatic ring is 1. The number of aromatic nitrogens is 4. The second-order valence-electron chi connectivity index (χ2n) is 6.17. The first kappa shape index (κ1) is 22.6. The highest BCUT2D eigenvalue weighted by atomic mass is 31.3. The number of rotatable bonds is 7. The van der Waals surface area contributed by atoms with E-state index in [1.165, 1.54) is 0 Å². The average molecular weight is 465 g/mol. The highest BCUT2D eigenvalue weighted by Crippen LogP contribution is 2.59. The lowest BCUT2D eigenvalue weighted by Crippen LogP contribution is -2.33. The minimum absolute atomic E-state index is 0.0410. The van der Waals surface area contributed by atoms with E-state index in [1.54, 1.807) is 0 Å². The van der Waals surface area contributed by atoms with E-state index < -0.39 is 58.3 Å². The molecule has 1 aliphatic rings. The number of nitrogens with one attached hydrogen (secondary N) is 1. The molecule has 1 saturated heterocycles. The van der Waals surface area contributed by atoms with Gasteiger partial charge in [0, 0.05) is 0 Å². The summed E-state index contributed by atoms with van der Waals surface area (Å²) < 4.78 is 38.7. The molecule has 3 heterocycles. The summed E-state index contributed by atoms with van der Waals surface area (Å²) in [5, 5.41) is 20.5.